The molecule has 0 saturated heterocycles. The fourth-order valence-corrected chi connectivity index (χ4v) is 3.20. The van der Waals surface area contributed by atoms with Crippen LogP contribution in [0.25, 0.3) is 0 Å². The lowest BCUT2D eigenvalue weighted by Crippen LogP contribution is -2.37. The number of fused-ring (bicyclic) bond motifs is 2. The molecule has 3 heteroatoms. The molecule has 2 rings (SSSR count). The normalized spacial score (nSPS) is 44.8. The van der Waals surface area contributed by atoms with Crippen molar-refractivity contribution in [3.8, 4) is 0 Å². The van der Waals surface area contributed by atoms with Crippen molar-refractivity contribution < 1.29 is 4.79 Å². The van der Waals surface area contributed by atoms with Crippen molar-refractivity contribution in [2.75, 3.05) is 0 Å². The van der Waals surface area contributed by atoms with Crippen molar-refractivity contribution in [3.63, 3.8) is 0 Å². The smallest absolute Gasteiger partial charge is 0.217 e. The highest BCUT2D eigenvalue weighted by atomic mass is 35.5. The molecule has 2 saturated carbocycles. The van der Waals surface area contributed by atoms with E-state index in [2.05, 4.69) is 5.32 Å². The van der Waals surface area contributed by atoms with Crippen LogP contribution in [0.4, 0.5) is 0 Å². The van der Waals surface area contributed by atoms with Crippen LogP contribution in [0.2, 0.25) is 0 Å². The maximum Gasteiger partial charge on any atom is 0.217 e. The molecule has 4 atom stereocenters. The van der Waals surface area contributed by atoms with Crippen LogP contribution in [-0.4, -0.2) is 17.3 Å². The van der Waals surface area contributed by atoms with Gasteiger partial charge >= 0.3 is 0 Å². The molecule has 2 bridgehead atoms. The molecule has 0 aliphatic heterocycles. The molecule has 1 amide bonds. The summed E-state index contributed by atoms with van der Waals surface area (Å²) in [5.41, 5.74) is 0. The third kappa shape index (κ3) is 1.22. The lowest BCUT2D eigenvalue weighted by Gasteiger charge is -2.21. The van der Waals surface area contributed by atoms with E-state index >= 15 is 0 Å². The van der Waals surface area contributed by atoms with Gasteiger partial charge in [0.15, 0.2) is 0 Å². The van der Waals surface area contributed by atoms with Crippen molar-refractivity contribution in [2.45, 2.75) is 37.6 Å². The van der Waals surface area contributed by atoms with Crippen LogP contribution in [0.3, 0.4) is 0 Å². The fourth-order valence-electron chi connectivity index (χ4n) is 2.67. The first-order valence-corrected chi connectivity index (χ1v) is 5.03. The first-order chi connectivity index (χ1) is 5.68. The van der Waals surface area contributed by atoms with Crippen LogP contribution in [0.15, 0.2) is 0 Å². The van der Waals surface area contributed by atoms with Crippen molar-refractivity contribution in [2.24, 2.45) is 11.8 Å². The average molecular weight is 188 g/mol. The van der Waals surface area contributed by atoms with Crippen LogP contribution in [-0.2, 0) is 4.79 Å². The van der Waals surface area contributed by atoms with Gasteiger partial charge in [0.1, 0.15) is 0 Å². The predicted octanol–water partition coefficient (Wildman–Crippen LogP) is 1.53. The first kappa shape index (κ1) is 8.36. The maximum atomic E-state index is 10.8. The zero-order chi connectivity index (χ0) is 8.72. The number of amides is 1. The van der Waals surface area contributed by atoms with Gasteiger partial charge in [0.2, 0.25) is 5.91 Å². The van der Waals surface area contributed by atoms with Crippen LogP contribution in [0, 0.1) is 11.8 Å². The van der Waals surface area contributed by atoms with Gasteiger partial charge in [0.25, 0.3) is 0 Å². The van der Waals surface area contributed by atoms with Gasteiger partial charge in [-0.25, -0.2) is 0 Å². The zero-order valence-electron chi connectivity index (χ0n) is 7.22. The Hall–Kier alpha value is -0.240. The Labute approximate surface area is 77.7 Å². The lowest BCUT2D eigenvalue weighted by atomic mass is 9.95. The molecule has 0 aromatic rings. The Morgan fingerprint density at radius 3 is 2.67 bits per heavy atom. The highest BCUT2D eigenvalue weighted by Gasteiger charge is 2.47. The van der Waals surface area contributed by atoms with Gasteiger partial charge in [-0.3, -0.25) is 4.79 Å². The molecule has 0 spiro atoms. The predicted molar refractivity (Wildman–Crippen MR) is 48.1 cm³/mol. The lowest BCUT2D eigenvalue weighted by molar-refractivity contribution is -0.120. The fraction of sp³-hybridized carbons (Fsp3) is 0.889. The zero-order valence-corrected chi connectivity index (χ0v) is 7.97. The number of carbonyl (C=O) groups is 1. The molecule has 2 aliphatic carbocycles. The second-order valence-corrected chi connectivity index (χ2v) is 4.49. The molecule has 0 aromatic carbocycles. The molecule has 2 fully saturated rings. The molecule has 4 unspecified atom stereocenters. The third-order valence-electron chi connectivity index (χ3n) is 3.19. The second kappa shape index (κ2) is 2.91. The van der Waals surface area contributed by atoms with Gasteiger partial charge < -0.3 is 5.32 Å². The Bertz CT molecular complexity index is 207. The Balaban J connectivity index is 1.99. The van der Waals surface area contributed by atoms with Crippen LogP contribution >= 0.6 is 11.6 Å². The second-order valence-electron chi connectivity index (χ2n) is 3.99. The summed E-state index contributed by atoms with van der Waals surface area (Å²) in [6.07, 6.45) is 3.55. The number of alkyl halides is 1. The van der Waals surface area contributed by atoms with Crippen LogP contribution in [0.5, 0.6) is 0 Å². The number of carbonyl (C=O) groups excluding carboxylic acids is 1. The number of nitrogens with one attached hydrogen (secondary N) is 1. The highest BCUT2D eigenvalue weighted by Crippen LogP contribution is 2.47. The van der Waals surface area contributed by atoms with E-state index in [1.165, 1.54) is 12.8 Å². The van der Waals surface area contributed by atoms with Crippen molar-refractivity contribution in [1.82, 2.24) is 5.32 Å². The highest BCUT2D eigenvalue weighted by molar-refractivity contribution is 6.21. The Morgan fingerprint density at radius 1 is 1.50 bits per heavy atom. The molecule has 2 nitrogen and oxygen atoms in total. The summed E-state index contributed by atoms with van der Waals surface area (Å²) >= 11 is 6.20. The minimum absolute atomic E-state index is 0.0800. The van der Waals surface area contributed by atoms with Crippen molar-refractivity contribution in [1.29, 1.82) is 0 Å². The van der Waals surface area contributed by atoms with Gasteiger partial charge in [-0.15, -0.1) is 11.6 Å². The topological polar surface area (TPSA) is 29.1 Å². The summed E-state index contributed by atoms with van der Waals surface area (Å²) in [5, 5.41) is 3.30. The van der Waals surface area contributed by atoms with Gasteiger partial charge in [0.05, 0.1) is 0 Å². The first-order valence-electron chi connectivity index (χ1n) is 4.59. The molecule has 0 aromatic heterocycles. The number of halogens is 1. The van der Waals surface area contributed by atoms with Gasteiger partial charge in [-0.2, -0.15) is 0 Å². The van der Waals surface area contributed by atoms with E-state index in [0.717, 1.165) is 6.42 Å². The van der Waals surface area contributed by atoms with Crippen molar-refractivity contribution >= 4 is 17.5 Å². The van der Waals surface area contributed by atoms with Crippen LogP contribution in [0.1, 0.15) is 26.2 Å². The number of hydrogen-bond donors (Lipinski definition) is 1. The number of rotatable bonds is 1. The Morgan fingerprint density at radius 2 is 2.25 bits per heavy atom. The van der Waals surface area contributed by atoms with E-state index in [9.17, 15) is 4.79 Å². The molecular weight excluding hydrogens is 174 g/mol. The summed E-state index contributed by atoms with van der Waals surface area (Å²) in [7, 11) is 0. The molecule has 0 heterocycles. The van der Waals surface area contributed by atoms with Crippen molar-refractivity contribution in [3.05, 3.63) is 0 Å². The quantitative estimate of drug-likeness (QED) is 0.620. The van der Waals surface area contributed by atoms with Crippen LogP contribution < -0.4 is 5.32 Å². The summed E-state index contributed by atoms with van der Waals surface area (Å²) in [6, 6.07) is 0.365. The largest absolute Gasteiger partial charge is 0.353 e. The van der Waals surface area contributed by atoms with Gasteiger partial charge in [-0.05, 0) is 31.1 Å². The monoisotopic (exact) mass is 187 g/mol. The van der Waals surface area contributed by atoms with E-state index < -0.39 is 0 Å². The molecule has 2 aliphatic rings. The van der Waals surface area contributed by atoms with E-state index in [4.69, 9.17) is 11.6 Å². The minimum Gasteiger partial charge on any atom is -0.353 e. The van der Waals surface area contributed by atoms with E-state index in [0.29, 0.717) is 23.3 Å². The summed E-state index contributed by atoms with van der Waals surface area (Å²) in [4.78, 5) is 10.8. The average Bonchev–Trinajstić information content (AvgIpc) is 2.44. The van der Waals surface area contributed by atoms with E-state index in [1.54, 1.807) is 6.92 Å². The molecule has 68 valence electrons. The molecule has 1 N–H and O–H groups in total. The third-order valence-corrected chi connectivity index (χ3v) is 3.87. The summed E-state index contributed by atoms with van der Waals surface area (Å²) < 4.78 is 0. The minimum atomic E-state index is 0.0800. The summed E-state index contributed by atoms with van der Waals surface area (Å²) in [6.45, 7) is 1.58. The molecule has 12 heavy (non-hydrogen) atoms. The number of hydrogen-bond acceptors (Lipinski definition) is 1. The Kier molecular flexibility index (Phi) is 2.03. The van der Waals surface area contributed by atoms with Gasteiger partial charge in [-0.1, -0.05) is 0 Å². The summed E-state index contributed by atoms with van der Waals surface area (Å²) in [5.74, 6) is 1.28. The molecular formula is C9H14ClNO. The SMILES string of the molecule is CC(=O)NC1CC2CCC1C2Cl. The van der Waals surface area contributed by atoms with E-state index in [-0.39, 0.29) is 5.91 Å². The maximum absolute atomic E-state index is 10.8. The van der Waals surface area contributed by atoms with E-state index in [1.807, 2.05) is 0 Å². The molecule has 0 radical (unpaired) electrons. The van der Waals surface area contributed by atoms with Gasteiger partial charge in [0, 0.05) is 18.3 Å². The standard InChI is InChI=1S/C9H14ClNO/c1-5(12)11-8-4-6-2-3-7(8)9(6)10/h6-9H,2-4H2,1H3,(H,11,12).